The van der Waals surface area contributed by atoms with Crippen molar-refractivity contribution in [1.82, 2.24) is 0 Å². The summed E-state index contributed by atoms with van der Waals surface area (Å²) < 4.78 is 28.4. The Morgan fingerprint density at radius 1 is 1.30 bits per heavy atom. The van der Waals surface area contributed by atoms with Gasteiger partial charge in [0, 0.05) is 12.5 Å². The van der Waals surface area contributed by atoms with E-state index < -0.39 is 11.2 Å². The first-order valence-electron chi connectivity index (χ1n) is 9.19. The topological polar surface area (TPSA) is 66.4 Å². The number of hydrogen-bond acceptors (Lipinski definition) is 6. The normalized spacial score (nSPS) is 36.9. The van der Waals surface area contributed by atoms with E-state index in [1.165, 1.54) is 0 Å². The van der Waals surface area contributed by atoms with Gasteiger partial charge in [-0.15, -0.1) is 6.58 Å². The van der Waals surface area contributed by atoms with E-state index in [9.17, 15) is 5.11 Å². The Labute approximate surface area is 159 Å². The molecule has 1 fully saturated rings. The van der Waals surface area contributed by atoms with Gasteiger partial charge in [0.2, 0.25) is 12.6 Å². The summed E-state index contributed by atoms with van der Waals surface area (Å²) in [5.74, 6) is 0.235. The van der Waals surface area contributed by atoms with Gasteiger partial charge >= 0.3 is 0 Å². The van der Waals surface area contributed by atoms with E-state index in [0.717, 1.165) is 11.3 Å². The molecule has 0 radical (unpaired) electrons. The van der Waals surface area contributed by atoms with Crippen molar-refractivity contribution < 1.29 is 28.8 Å². The molecule has 27 heavy (non-hydrogen) atoms. The molecule has 5 atom stereocenters. The number of ether oxygens (including phenoxy) is 5. The van der Waals surface area contributed by atoms with Gasteiger partial charge in [0.15, 0.2) is 17.3 Å². The van der Waals surface area contributed by atoms with Crippen LogP contribution in [0.15, 0.2) is 42.7 Å². The number of methoxy groups -OCH3 is 2. The van der Waals surface area contributed by atoms with Crippen molar-refractivity contribution in [2.24, 2.45) is 11.3 Å². The minimum absolute atomic E-state index is 0.0163. The summed E-state index contributed by atoms with van der Waals surface area (Å²) in [6.45, 7) is 6.24. The minimum Gasteiger partial charge on any atom is -0.496 e. The van der Waals surface area contributed by atoms with Crippen molar-refractivity contribution in [2.45, 2.75) is 37.8 Å². The molecular formula is C21H26O6. The van der Waals surface area contributed by atoms with Gasteiger partial charge in [0.25, 0.3) is 0 Å². The van der Waals surface area contributed by atoms with Gasteiger partial charge in [-0.05, 0) is 42.5 Å². The van der Waals surface area contributed by atoms with Crippen LogP contribution in [0.4, 0.5) is 0 Å². The number of benzene rings is 1. The fourth-order valence-electron chi connectivity index (χ4n) is 4.80. The van der Waals surface area contributed by atoms with Crippen LogP contribution in [0.3, 0.4) is 0 Å². The van der Waals surface area contributed by atoms with Gasteiger partial charge in [-0.25, -0.2) is 0 Å². The first-order valence-corrected chi connectivity index (χ1v) is 9.19. The third kappa shape index (κ3) is 2.51. The first kappa shape index (κ1) is 18.3. The van der Waals surface area contributed by atoms with E-state index in [2.05, 4.69) is 13.5 Å². The van der Waals surface area contributed by atoms with Gasteiger partial charge in [0.05, 0.1) is 19.3 Å². The number of aliphatic hydroxyl groups is 1. The van der Waals surface area contributed by atoms with E-state index in [4.69, 9.17) is 23.7 Å². The zero-order chi connectivity index (χ0) is 19.2. The molecule has 1 aliphatic carbocycles. The third-order valence-corrected chi connectivity index (χ3v) is 6.29. The van der Waals surface area contributed by atoms with Crippen molar-refractivity contribution >= 4 is 0 Å². The Morgan fingerprint density at radius 3 is 2.78 bits per heavy atom. The Hall–Kier alpha value is -2.02. The molecule has 0 spiro atoms. The molecule has 2 aliphatic heterocycles. The number of fused-ring (bicyclic) bond motifs is 2. The lowest BCUT2D eigenvalue weighted by Crippen LogP contribution is -2.53. The first-order chi connectivity index (χ1) is 13.0. The van der Waals surface area contributed by atoms with Crippen LogP contribution >= 0.6 is 0 Å². The molecule has 0 aromatic heterocycles. The number of rotatable bonds is 5. The molecule has 0 bridgehead atoms. The van der Waals surface area contributed by atoms with Crippen LogP contribution < -0.4 is 9.47 Å². The minimum atomic E-state index is -1.55. The predicted octanol–water partition coefficient (Wildman–Crippen LogP) is 3.32. The molecule has 5 unspecified atom stereocenters. The highest BCUT2D eigenvalue weighted by Crippen LogP contribution is 2.64. The molecule has 2 heterocycles. The van der Waals surface area contributed by atoms with Gasteiger partial charge < -0.3 is 28.8 Å². The summed E-state index contributed by atoms with van der Waals surface area (Å²) in [5, 5.41) is 11.7. The maximum Gasteiger partial charge on any atom is 0.232 e. The second kappa shape index (κ2) is 6.55. The third-order valence-electron chi connectivity index (χ3n) is 6.29. The second-order valence-electron chi connectivity index (χ2n) is 7.45. The standard InChI is InChI=1S/C21H26O6/c1-5-8-20-11-15(23-3)10-18(24-4)21(20,22)27-19(13(20)2)14-6-7-16-17(9-14)26-12-25-16/h5-7,9-10,13,15,19,22H,1,8,11-12H2,2-4H3. The summed E-state index contributed by atoms with van der Waals surface area (Å²) in [7, 11) is 3.21. The van der Waals surface area contributed by atoms with Crippen LogP contribution in [0.25, 0.3) is 0 Å². The maximum atomic E-state index is 11.7. The molecule has 1 N–H and O–H groups in total. The van der Waals surface area contributed by atoms with Crippen LogP contribution in [0.5, 0.6) is 11.5 Å². The monoisotopic (exact) mass is 374 g/mol. The highest BCUT2D eigenvalue weighted by molar-refractivity contribution is 5.46. The lowest BCUT2D eigenvalue weighted by Gasteiger charge is -2.47. The Kier molecular flexibility index (Phi) is 4.45. The van der Waals surface area contributed by atoms with E-state index in [-0.39, 0.29) is 24.9 Å². The summed E-state index contributed by atoms with van der Waals surface area (Å²) in [4.78, 5) is 0. The molecule has 1 aromatic carbocycles. The summed E-state index contributed by atoms with van der Waals surface area (Å²) in [6, 6.07) is 5.77. The molecule has 0 saturated carbocycles. The molecular weight excluding hydrogens is 348 g/mol. The summed E-state index contributed by atoms with van der Waals surface area (Å²) >= 11 is 0. The lowest BCUT2D eigenvalue weighted by atomic mass is 9.61. The molecule has 4 rings (SSSR count). The van der Waals surface area contributed by atoms with Gasteiger partial charge in [-0.3, -0.25) is 0 Å². The van der Waals surface area contributed by atoms with Crippen molar-refractivity contribution in [3.8, 4) is 11.5 Å². The molecule has 1 aromatic rings. The van der Waals surface area contributed by atoms with Crippen molar-refractivity contribution in [3.05, 3.63) is 48.3 Å². The smallest absolute Gasteiger partial charge is 0.232 e. The Balaban J connectivity index is 1.79. The Morgan fingerprint density at radius 2 is 2.07 bits per heavy atom. The average Bonchev–Trinajstić information content (AvgIpc) is 3.22. The van der Waals surface area contributed by atoms with Crippen molar-refractivity contribution in [2.75, 3.05) is 21.0 Å². The van der Waals surface area contributed by atoms with Crippen LogP contribution in [0, 0.1) is 11.3 Å². The molecule has 3 aliphatic rings. The van der Waals surface area contributed by atoms with E-state index in [1.54, 1.807) is 20.3 Å². The van der Waals surface area contributed by atoms with Crippen LogP contribution in [-0.2, 0) is 14.2 Å². The molecule has 0 amide bonds. The number of hydrogen-bond donors (Lipinski definition) is 1. The summed E-state index contributed by atoms with van der Waals surface area (Å²) in [5.41, 5.74) is 0.318. The Bertz CT molecular complexity index is 774. The van der Waals surface area contributed by atoms with E-state index >= 15 is 0 Å². The highest BCUT2D eigenvalue weighted by Gasteiger charge is 2.67. The SMILES string of the molecule is C=CCC12CC(OC)C=C(OC)C1(O)OC(c1ccc3c(c1)OCO3)C2C. The van der Waals surface area contributed by atoms with Crippen molar-refractivity contribution in [3.63, 3.8) is 0 Å². The van der Waals surface area contributed by atoms with Gasteiger partial charge in [-0.1, -0.05) is 19.1 Å². The number of allylic oxidation sites excluding steroid dienone is 1. The van der Waals surface area contributed by atoms with Crippen LogP contribution in [-0.4, -0.2) is 38.0 Å². The zero-order valence-corrected chi connectivity index (χ0v) is 15.9. The second-order valence-corrected chi connectivity index (χ2v) is 7.45. The molecule has 1 saturated heterocycles. The maximum absolute atomic E-state index is 11.7. The quantitative estimate of drug-likeness (QED) is 0.798. The van der Waals surface area contributed by atoms with Crippen molar-refractivity contribution in [1.29, 1.82) is 0 Å². The molecule has 6 nitrogen and oxygen atoms in total. The predicted molar refractivity (Wildman–Crippen MR) is 98.3 cm³/mol. The zero-order valence-electron chi connectivity index (χ0n) is 15.9. The summed E-state index contributed by atoms with van der Waals surface area (Å²) in [6.07, 6.45) is 4.32. The fraction of sp³-hybridized carbons (Fsp3) is 0.524. The van der Waals surface area contributed by atoms with E-state index in [0.29, 0.717) is 24.4 Å². The molecule has 6 heteroatoms. The lowest BCUT2D eigenvalue weighted by molar-refractivity contribution is -0.245. The highest BCUT2D eigenvalue weighted by atomic mass is 16.7. The fourth-order valence-corrected chi connectivity index (χ4v) is 4.80. The van der Waals surface area contributed by atoms with E-state index in [1.807, 2.05) is 24.3 Å². The average molecular weight is 374 g/mol. The van der Waals surface area contributed by atoms with Crippen LogP contribution in [0.2, 0.25) is 0 Å². The van der Waals surface area contributed by atoms with Crippen LogP contribution in [0.1, 0.15) is 31.4 Å². The van der Waals surface area contributed by atoms with Gasteiger partial charge in [-0.2, -0.15) is 0 Å². The largest absolute Gasteiger partial charge is 0.496 e. The molecule has 146 valence electrons. The van der Waals surface area contributed by atoms with Gasteiger partial charge in [0.1, 0.15) is 0 Å².